The van der Waals surface area contributed by atoms with E-state index in [0.29, 0.717) is 17.9 Å². The molecule has 0 atom stereocenters. The fraction of sp³-hybridized carbons (Fsp3) is 0.765. The van der Waals surface area contributed by atoms with Gasteiger partial charge in [-0.15, -0.1) is 29.1 Å². The number of aromatic nitrogens is 3. The van der Waals surface area contributed by atoms with Gasteiger partial charge in [0.2, 0.25) is 0 Å². The van der Waals surface area contributed by atoms with E-state index in [1.165, 1.54) is 37.5 Å². The third-order valence-electron chi connectivity index (χ3n) is 4.65. The molecule has 1 aliphatic carbocycles. The maximum atomic E-state index is 11.2. The Hall–Kier alpha value is -1.39. The maximum absolute atomic E-state index is 11.2. The Morgan fingerprint density at radius 2 is 2.15 bits per heavy atom. The molecule has 1 aromatic rings. The summed E-state index contributed by atoms with van der Waals surface area (Å²) in [6.07, 6.45) is 6.88. The number of aliphatic imine (C=N–C) groups is 1. The van der Waals surface area contributed by atoms with E-state index in [-0.39, 0.29) is 36.5 Å². The van der Waals surface area contributed by atoms with Gasteiger partial charge in [0.1, 0.15) is 12.2 Å². The monoisotopic (exact) mass is 478 g/mol. The lowest BCUT2D eigenvalue weighted by Crippen LogP contribution is -2.46. The molecule has 0 unspecified atom stereocenters. The average Bonchev–Trinajstić information content (AvgIpc) is 2.99. The van der Waals surface area contributed by atoms with Gasteiger partial charge in [0.15, 0.2) is 5.96 Å². The van der Waals surface area contributed by atoms with Crippen LogP contribution in [0.2, 0.25) is 0 Å². The highest BCUT2D eigenvalue weighted by atomic mass is 127. The molecular formula is C17H31IN6O2. The first-order valence-corrected chi connectivity index (χ1v) is 8.87. The van der Waals surface area contributed by atoms with Gasteiger partial charge in [-0.25, -0.2) is 4.68 Å². The summed E-state index contributed by atoms with van der Waals surface area (Å²) in [5, 5.41) is 14.7. The first-order valence-electron chi connectivity index (χ1n) is 8.87. The summed E-state index contributed by atoms with van der Waals surface area (Å²) >= 11 is 0. The van der Waals surface area contributed by atoms with Crippen molar-refractivity contribution < 1.29 is 9.53 Å². The van der Waals surface area contributed by atoms with Crippen molar-refractivity contribution in [2.24, 2.45) is 16.3 Å². The number of carbonyl (C=O) groups is 1. The van der Waals surface area contributed by atoms with Gasteiger partial charge in [-0.1, -0.05) is 25.5 Å². The van der Waals surface area contributed by atoms with Crippen molar-refractivity contribution in [2.75, 3.05) is 20.7 Å². The van der Waals surface area contributed by atoms with Gasteiger partial charge in [-0.2, -0.15) is 0 Å². The number of nitrogens with one attached hydrogen (secondary N) is 2. The van der Waals surface area contributed by atoms with Crippen molar-refractivity contribution in [2.45, 2.75) is 52.6 Å². The average molecular weight is 478 g/mol. The lowest BCUT2D eigenvalue weighted by atomic mass is 9.64. The number of ether oxygens (including phenoxy) is 1. The zero-order valence-electron chi connectivity index (χ0n) is 16.1. The van der Waals surface area contributed by atoms with E-state index < -0.39 is 0 Å². The maximum Gasteiger partial charge on any atom is 0.327 e. The molecule has 0 radical (unpaired) electrons. The summed E-state index contributed by atoms with van der Waals surface area (Å²) in [4.78, 5) is 15.5. The Morgan fingerprint density at radius 1 is 1.42 bits per heavy atom. The quantitative estimate of drug-likeness (QED) is 0.257. The van der Waals surface area contributed by atoms with E-state index >= 15 is 0 Å². The number of halogens is 1. The van der Waals surface area contributed by atoms with Crippen LogP contribution in [0.4, 0.5) is 0 Å². The molecule has 148 valence electrons. The molecule has 1 aromatic heterocycles. The lowest BCUT2D eigenvalue weighted by molar-refractivity contribution is -0.141. The smallest absolute Gasteiger partial charge is 0.327 e. The Labute approximate surface area is 172 Å². The van der Waals surface area contributed by atoms with Crippen molar-refractivity contribution in [3.8, 4) is 0 Å². The van der Waals surface area contributed by atoms with Gasteiger partial charge >= 0.3 is 5.97 Å². The Kier molecular flexibility index (Phi) is 9.31. The predicted molar refractivity (Wildman–Crippen MR) is 111 cm³/mol. The van der Waals surface area contributed by atoms with Crippen LogP contribution in [-0.4, -0.2) is 47.6 Å². The molecule has 1 fully saturated rings. The topological polar surface area (TPSA) is 93.4 Å². The summed E-state index contributed by atoms with van der Waals surface area (Å²) in [6.45, 7) is 6.07. The fourth-order valence-electron chi connectivity index (χ4n) is 3.36. The molecule has 1 saturated carbocycles. The van der Waals surface area contributed by atoms with Crippen molar-refractivity contribution >= 4 is 35.9 Å². The molecule has 0 amide bonds. The van der Waals surface area contributed by atoms with Crippen LogP contribution in [0.5, 0.6) is 0 Å². The standard InChI is InChI=1S/C17H30N6O2.HI/c1-13(2)8-17(6-5-7-17)12-20-16(18-3)19-9-14-10-23(22-21-14)11-15(24)25-4;/h10,13H,5-9,11-12H2,1-4H3,(H2,18,19,20);1H. The van der Waals surface area contributed by atoms with Gasteiger partial charge in [-0.05, 0) is 30.6 Å². The number of guanidine groups is 1. The van der Waals surface area contributed by atoms with Crippen LogP contribution < -0.4 is 10.6 Å². The van der Waals surface area contributed by atoms with Crippen LogP contribution >= 0.6 is 24.0 Å². The second kappa shape index (κ2) is 10.7. The molecule has 0 bridgehead atoms. The molecule has 1 heterocycles. The summed E-state index contributed by atoms with van der Waals surface area (Å²) < 4.78 is 6.08. The number of nitrogens with zero attached hydrogens (tertiary/aromatic N) is 4. The summed E-state index contributed by atoms with van der Waals surface area (Å²) in [5.41, 5.74) is 1.16. The molecule has 0 aliphatic heterocycles. The molecule has 0 aromatic carbocycles. The van der Waals surface area contributed by atoms with Crippen LogP contribution in [0.15, 0.2) is 11.2 Å². The highest BCUT2D eigenvalue weighted by Gasteiger charge is 2.37. The van der Waals surface area contributed by atoms with E-state index in [9.17, 15) is 4.79 Å². The number of rotatable bonds is 8. The van der Waals surface area contributed by atoms with Gasteiger partial charge < -0.3 is 15.4 Å². The predicted octanol–water partition coefficient (Wildman–Crippen LogP) is 1.95. The normalized spacial score (nSPS) is 15.8. The second-order valence-electron chi connectivity index (χ2n) is 7.21. The SMILES string of the molecule is CN=C(NCc1cn(CC(=O)OC)nn1)NCC1(CC(C)C)CCC1.I. The minimum Gasteiger partial charge on any atom is -0.468 e. The van der Waals surface area contributed by atoms with Crippen molar-refractivity contribution in [1.29, 1.82) is 0 Å². The van der Waals surface area contributed by atoms with Gasteiger partial charge in [-0.3, -0.25) is 9.79 Å². The van der Waals surface area contributed by atoms with Crippen molar-refractivity contribution in [1.82, 2.24) is 25.6 Å². The van der Waals surface area contributed by atoms with E-state index in [1.54, 1.807) is 13.2 Å². The minimum atomic E-state index is -0.349. The van der Waals surface area contributed by atoms with Crippen LogP contribution in [-0.2, 0) is 22.6 Å². The zero-order chi connectivity index (χ0) is 18.3. The zero-order valence-corrected chi connectivity index (χ0v) is 18.4. The largest absolute Gasteiger partial charge is 0.468 e. The summed E-state index contributed by atoms with van der Waals surface area (Å²) in [5.74, 6) is 1.12. The Morgan fingerprint density at radius 3 is 2.69 bits per heavy atom. The van der Waals surface area contributed by atoms with Gasteiger partial charge in [0.25, 0.3) is 0 Å². The molecular weight excluding hydrogens is 447 g/mol. The number of esters is 1. The van der Waals surface area contributed by atoms with Crippen LogP contribution in [0.1, 0.15) is 45.2 Å². The van der Waals surface area contributed by atoms with E-state index in [4.69, 9.17) is 0 Å². The second-order valence-corrected chi connectivity index (χ2v) is 7.21. The van der Waals surface area contributed by atoms with E-state index in [1.807, 2.05) is 0 Å². The first-order chi connectivity index (χ1) is 12.0. The van der Waals surface area contributed by atoms with Crippen LogP contribution in [0, 0.1) is 11.3 Å². The highest BCUT2D eigenvalue weighted by molar-refractivity contribution is 14.0. The van der Waals surface area contributed by atoms with Crippen molar-refractivity contribution in [3.05, 3.63) is 11.9 Å². The first kappa shape index (κ1) is 22.7. The Bertz CT molecular complexity index is 598. The molecule has 8 nitrogen and oxygen atoms in total. The number of carbonyl (C=O) groups excluding carboxylic acids is 1. The van der Waals surface area contributed by atoms with E-state index in [2.05, 4.69) is 44.5 Å². The molecule has 9 heteroatoms. The van der Waals surface area contributed by atoms with Gasteiger partial charge in [0.05, 0.1) is 19.9 Å². The third-order valence-corrected chi connectivity index (χ3v) is 4.65. The fourth-order valence-corrected chi connectivity index (χ4v) is 3.36. The van der Waals surface area contributed by atoms with E-state index in [0.717, 1.165) is 18.2 Å². The molecule has 1 aliphatic rings. The number of methoxy groups -OCH3 is 1. The van der Waals surface area contributed by atoms with Crippen molar-refractivity contribution in [3.63, 3.8) is 0 Å². The summed E-state index contributed by atoms with van der Waals surface area (Å²) in [7, 11) is 3.12. The summed E-state index contributed by atoms with van der Waals surface area (Å²) in [6, 6.07) is 0. The lowest BCUT2D eigenvalue weighted by Gasteiger charge is -2.43. The molecule has 26 heavy (non-hydrogen) atoms. The third kappa shape index (κ3) is 6.73. The van der Waals surface area contributed by atoms with Crippen LogP contribution in [0.25, 0.3) is 0 Å². The van der Waals surface area contributed by atoms with Gasteiger partial charge in [0, 0.05) is 13.6 Å². The number of hydrogen-bond donors (Lipinski definition) is 2. The molecule has 2 rings (SSSR count). The minimum absolute atomic E-state index is 0. The molecule has 0 saturated heterocycles. The molecule has 0 spiro atoms. The Balaban J connectivity index is 0.00000338. The molecule has 2 N–H and O–H groups in total. The van der Waals surface area contributed by atoms with Crippen LogP contribution in [0.3, 0.4) is 0 Å². The number of hydrogen-bond acceptors (Lipinski definition) is 5. The highest BCUT2D eigenvalue weighted by Crippen LogP contribution is 2.45.